The molecule has 1 aromatic rings. The number of likely N-dealkylation sites (tertiary alicyclic amines) is 1. The number of nitrogens with one attached hydrogen (secondary N) is 1. The van der Waals surface area contributed by atoms with Crippen molar-refractivity contribution >= 4 is 17.2 Å². The first-order valence-electron chi connectivity index (χ1n) is 7.79. The third kappa shape index (κ3) is 4.53. The monoisotopic (exact) mass is 310 g/mol. The molecule has 5 heteroatoms. The minimum Gasteiger partial charge on any atom is -0.383 e. The van der Waals surface area contributed by atoms with E-state index in [2.05, 4.69) is 17.1 Å². The first-order valence-corrected chi connectivity index (χ1v) is 8.67. The molecule has 2 heterocycles. The number of rotatable bonds is 6. The van der Waals surface area contributed by atoms with Crippen LogP contribution < -0.4 is 5.32 Å². The molecule has 0 aromatic carbocycles. The van der Waals surface area contributed by atoms with Gasteiger partial charge in [-0.05, 0) is 57.3 Å². The number of thiophene rings is 1. The Bertz CT molecular complexity index is 437. The molecule has 0 radical (unpaired) electrons. The summed E-state index contributed by atoms with van der Waals surface area (Å²) < 4.78 is 0. The molecule has 0 saturated carbocycles. The fourth-order valence-corrected chi connectivity index (χ4v) is 3.60. The third-order valence-corrected chi connectivity index (χ3v) is 5.28. The summed E-state index contributed by atoms with van der Waals surface area (Å²) in [5, 5.41) is 15.3. The molecule has 2 N–H and O–H groups in total. The minimum atomic E-state index is -0.979. The maximum atomic E-state index is 12.2. The van der Waals surface area contributed by atoms with E-state index in [0.29, 0.717) is 0 Å². The van der Waals surface area contributed by atoms with Crippen molar-refractivity contribution in [2.75, 3.05) is 26.2 Å². The molecule has 2 rings (SSSR count). The summed E-state index contributed by atoms with van der Waals surface area (Å²) in [5.41, 5.74) is -0.979. The zero-order valence-electron chi connectivity index (χ0n) is 13.0. The van der Waals surface area contributed by atoms with E-state index < -0.39 is 5.60 Å². The van der Waals surface area contributed by atoms with E-state index in [1.807, 2.05) is 17.5 Å². The van der Waals surface area contributed by atoms with Gasteiger partial charge in [0.1, 0.15) is 5.60 Å². The molecule has 1 fully saturated rings. The lowest BCUT2D eigenvalue weighted by Gasteiger charge is -2.31. The molecular formula is C16H26N2O2S. The smallest absolute Gasteiger partial charge is 0.223 e. The van der Waals surface area contributed by atoms with E-state index in [-0.39, 0.29) is 18.4 Å². The zero-order valence-corrected chi connectivity index (χ0v) is 13.8. The van der Waals surface area contributed by atoms with Crippen molar-refractivity contribution in [1.29, 1.82) is 0 Å². The van der Waals surface area contributed by atoms with Gasteiger partial charge in [0.2, 0.25) is 5.91 Å². The van der Waals surface area contributed by atoms with Gasteiger partial charge in [-0.3, -0.25) is 4.79 Å². The fraction of sp³-hybridized carbons (Fsp3) is 0.688. The molecule has 1 atom stereocenters. The maximum absolute atomic E-state index is 12.2. The first kappa shape index (κ1) is 16.5. The summed E-state index contributed by atoms with van der Waals surface area (Å²) in [6.07, 6.45) is 3.01. The molecule has 1 saturated heterocycles. The highest BCUT2D eigenvalue weighted by Gasteiger charge is 2.28. The highest BCUT2D eigenvalue weighted by molar-refractivity contribution is 7.10. The van der Waals surface area contributed by atoms with Crippen LogP contribution in [0.4, 0.5) is 0 Å². The van der Waals surface area contributed by atoms with Crippen molar-refractivity contribution in [2.45, 2.75) is 38.7 Å². The Morgan fingerprint density at radius 3 is 2.81 bits per heavy atom. The molecule has 1 amide bonds. The van der Waals surface area contributed by atoms with Crippen molar-refractivity contribution in [3.8, 4) is 0 Å². The summed E-state index contributed by atoms with van der Waals surface area (Å²) in [6.45, 7) is 7.36. The highest BCUT2D eigenvalue weighted by Crippen LogP contribution is 2.25. The number of aliphatic hydroxyl groups is 1. The fourth-order valence-electron chi connectivity index (χ4n) is 2.81. The maximum Gasteiger partial charge on any atom is 0.223 e. The van der Waals surface area contributed by atoms with Crippen LogP contribution in [0.2, 0.25) is 0 Å². The Balaban J connectivity index is 1.78. The van der Waals surface area contributed by atoms with Crippen LogP contribution in [-0.4, -0.2) is 42.1 Å². The van der Waals surface area contributed by atoms with Crippen LogP contribution in [0.15, 0.2) is 17.5 Å². The number of carbonyl (C=O) groups is 1. The van der Waals surface area contributed by atoms with Crippen LogP contribution in [0.5, 0.6) is 0 Å². The Morgan fingerprint density at radius 2 is 2.24 bits per heavy atom. The molecule has 0 aliphatic carbocycles. The minimum absolute atomic E-state index is 0.0861. The van der Waals surface area contributed by atoms with E-state index in [4.69, 9.17) is 0 Å². The van der Waals surface area contributed by atoms with Gasteiger partial charge in [0.05, 0.1) is 6.54 Å². The van der Waals surface area contributed by atoms with E-state index >= 15 is 0 Å². The molecule has 1 aliphatic rings. The Morgan fingerprint density at radius 1 is 1.52 bits per heavy atom. The largest absolute Gasteiger partial charge is 0.383 e. The van der Waals surface area contributed by atoms with Crippen LogP contribution in [-0.2, 0) is 10.4 Å². The lowest BCUT2D eigenvalue weighted by Crippen LogP contribution is -2.44. The zero-order chi connectivity index (χ0) is 15.3. The van der Waals surface area contributed by atoms with Crippen molar-refractivity contribution in [1.82, 2.24) is 10.2 Å². The van der Waals surface area contributed by atoms with E-state index in [1.165, 1.54) is 17.8 Å². The van der Waals surface area contributed by atoms with Crippen LogP contribution in [0, 0.1) is 5.92 Å². The van der Waals surface area contributed by atoms with Gasteiger partial charge >= 0.3 is 0 Å². The lowest BCUT2D eigenvalue weighted by atomic mass is 9.95. The summed E-state index contributed by atoms with van der Waals surface area (Å²) in [5.74, 6) is 0.181. The van der Waals surface area contributed by atoms with Crippen molar-refractivity contribution in [2.24, 2.45) is 5.92 Å². The van der Waals surface area contributed by atoms with Gasteiger partial charge in [-0.25, -0.2) is 0 Å². The number of piperidine rings is 1. The SMILES string of the molecule is CCCN1CCC(C(=O)NCC(C)(O)c2cccs2)CC1. The van der Waals surface area contributed by atoms with Gasteiger partial charge < -0.3 is 15.3 Å². The van der Waals surface area contributed by atoms with Gasteiger partial charge in [-0.15, -0.1) is 11.3 Å². The molecule has 1 aliphatic heterocycles. The van der Waals surface area contributed by atoms with Gasteiger partial charge in [0, 0.05) is 10.8 Å². The van der Waals surface area contributed by atoms with Crippen LogP contribution >= 0.6 is 11.3 Å². The molecular weight excluding hydrogens is 284 g/mol. The Hall–Kier alpha value is -0.910. The second-order valence-electron chi connectivity index (χ2n) is 6.08. The standard InChI is InChI=1S/C16H26N2O2S/c1-3-8-18-9-6-13(7-10-18)15(19)17-12-16(2,20)14-5-4-11-21-14/h4-5,11,13,20H,3,6-10,12H2,1-2H3,(H,17,19). The van der Waals surface area contributed by atoms with Gasteiger partial charge in [-0.1, -0.05) is 13.0 Å². The average molecular weight is 310 g/mol. The predicted octanol–water partition coefficient (Wildman–Crippen LogP) is 2.19. The van der Waals surface area contributed by atoms with Crippen LogP contribution in [0.1, 0.15) is 38.0 Å². The van der Waals surface area contributed by atoms with E-state index in [9.17, 15) is 9.90 Å². The topological polar surface area (TPSA) is 52.6 Å². The quantitative estimate of drug-likeness (QED) is 0.847. The first-order chi connectivity index (χ1) is 10.0. The molecule has 1 unspecified atom stereocenters. The average Bonchev–Trinajstić information content (AvgIpc) is 3.01. The molecule has 118 valence electrons. The third-order valence-electron chi connectivity index (χ3n) is 4.16. The van der Waals surface area contributed by atoms with Crippen LogP contribution in [0.3, 0.4) is 0 Å². The van der Waals surface area contributed by atoms with Crippen molar-refractivity contribution in [3.63, 3.8) is 0 Å². The molecule has 4 nitrogen and oxygen atoms in total. The van der Waals surface area contributed by atoms with Crippen LogP contribution in [0.25, 0.3) is 0 Å². The van der Waals surface area contributed by atoms with Crippen molar-refractivity contribution in [3.05, 3.63) is 22.4 Å². The Labute approximate surface area is 131 Å². The molecule has 0 spiro atoms. The van der Waals surface area contributed by atoms with E-state index in [0.717, 1.165) is 37.4 Å². The van der Waals surface area contributed by atoms with Crippen molar-refractivity contribution < 1.29 is 9.90 Å². The summed E-state index contributed by atoms with van der Waals surface area (Å²) >= 11 is 1.51. The summed E-state index contributed by atoms with van der Waals surface area (Å²) in [4.78, 5) is 15.6. The summed E-state index contributed by atoms with van der Waals surface area (Å²) in [7, 11) is 0. The predicted molar refractivity (Wildman–Crippen MR) is 86.4 cm³/mol. The number of hydrogen-bond donors (Lipinski definition) is 2. The van der Waals surface area contributed by atoms with Gasteiger partial charge in [-0.2, -0.15) is 0 Å². The van der Waals surface area contributed by atoms with Gasteiger partial charge in [0.15, 0.2) is 0 Å². The summed E-state index contributed by atoms with van der Waals surface area (Å²) in [6, 6.07) is 3.82. The normalized spacial score (nSPS) is 20.1. The number of amides is 1. The molecule has 0 bridgehead atoms. The highest BCUT2D eigenvalue weighted by atomic mass is 32.1. The van der Waals surface area contributed by atoms with Gasteiger partial charge in [0.25, 0.3) is 0 Å². The lowest BCUT2D eigenvalue weighted by molar-refractivity contribution is -0.127. The molecule has 1 aromatic heterocycles. The number of nitrogens with zero attached hydrogens (tertiary/aromatic N) is 1. The molecule has 21 heavy (non-hydrogen) atoms. The number of hydrogen-bond acceptors (Lipinski definition) is 4. The van der Waals surface area contributed by atoms with E-state index in [1.54, 1.807) is 6.92 Å². The number of carbonyl (C=O) groups excluding carboxylic acids is 1. The Kier molecular flexibility index (Phi) is 5.79. The second kappa shape index (κ2) is 7.38. The second-order valence-corrected chi connectivity index (χ2v) is 7.03.